The van der Waals surface area contributed by atoms with Crippen LogP contribution in [-0.4, -0.2) is 43.9 Å². The molecule has 2 saturated carbocycles. The minimum atomic E-state index is -0.664. The van der Waals surface area contributed by atoms with E-state index in [4.69, 9.17) is 19.0 Å². The van der Waals surface area contributed by atoms with Gasteiger partial charge in [0.15, 0.2) is 5.78 Å². The molecule has 0 amide bonds. The SMILES string of the molecule is Cc1noc(C)c1-c1cc(C(=O)[C@H]2CCC3(CC3)O2)c2nc(C3CC3)n(C(=O)OC(C)(C)C)c2c1. The Bertz CT molecular complexity index is 1350. The van der Waals surface area contributed by atoms with Gasteiger partial charge in [-0.15, -0.1) is 0 Å². The number of hydrogen-bond donors (Lipinski definition) is 0. The molecule has 2 aromatic heterocycles. The van der Waals surface area contributed by atoms with Gasteiger partial charge in [0.05, 0.1) is 16.8 Å². The van der Waals surface area contributed by atoms with E-state index in [-0.39, 0.29) is 17.3 Å². The number of rotatable bonds is 4. The molecule has 2 aliphatic carbocycles. The van der Waals surface area contributed by atoms with Crippen LogP contribution < -0.4 is 0 Å². The number of hydrogen-bond acceptors (Lipinski definition) is 7. The summed E-state index contributed by atoms with van der Waals surface area (Å²) < 4.78 is 19.0. The fraction of sp³-hybridized carbons (Fsp3) is 0.556. The summed E-state index contributed by atoms with van der Waals surface area (Å²) >= 11 is 0. The van der Waals surface area contributed by atoms with Gasteiger partial charge >= 0.3 is 6.09 Å². The van der Waals surface area contributed by atoms with E-state index < -0.39 is 17.8 Å². The first-order chi connectivity index (χ1) is 16.6. The maximum Gasteiger partial charge on any atom is 0.420 e. The van der Waals surface area contributed by atoms with E-state index in [1.807, 2.05) is 46.8 Å². The maximum absolute atomic E-state index is 13.8. The number of nitrogens with zero attached hydrogens (tertiary/aromatic N) is 3. The molecular weight excluding hydrogens is 446 g/mol. The molecule has 0 bridgehead atoms. The van der Waals surface area contributed by atoms with E-state index in [9.17, 15) is 9.59 Å². The average Bonchev–Trinajstić information content (AvgIpc) is 3.64. The molecule has 0 unspecified atom stereocenters. The fourth-order valence-electron chi connectivity index (χ4n) is 5.22. The number of imidazole rings is 1. The van der Waals surface area contributed by atoms with E-state index in [0.29, 0.717) is 34.6 Å². The Morgan fingerprint density at radius 3 is 2.43 bits per heavy atom. The zero-order valence-electron chi connectivity index (χ0n) is 20.9. The molecule has 35 heavy (non-hydrogen) atoms. The largest absolute Gasteiger partial charge is 0.443 e. The van der Waals surface area contributed by atoms with Gasteiger partial charge in [-0.25, -0.2) is 14.3 Å². The number of aromatic nitrogens is 3. The molecule has 3 heterocycles. The average molecular weight is 478 g/mol. The fourth-order valence-corrected chi connectivity index (χ4v) is 5.22. The van der Waals surface area contributed by atoms with Crippen molar-refractivity contribution in [3.63, 3.8) is 0 Å². The molecule has 8 heteroatoms. The van der Waals surface area contributed by atoms with Crippen molar-refractivity contribution in [1.29, 1.82) is 0 Å². The van der Waals surface area contributed by atoms with E-state index in [0.717, 1.165) is 48.9 Å². The summed E-state index contributed by atoms with van der Waals surface area (Å²) in [5, 5.41) is 4.10. The van der Waals surface area contributed by atoms with Crippen LogP contribution in [0.1, 0.15) is 92.9 Å². The van der Waals surface area contributed by atoms with Crippen molar-refractivity contribution in [1.82, 2.24) is 14.7 Å². The van der Waals surface area contributed by atoms with Gasteiger partial charge in [0.2, 0.25) is 0 Å². The first-order valence-corrected chi connectivity index (χ1v) is 12.5. The third kappa shape index (κ3) is 3.88. The summed E-state index contributed by atoms with van der Waals surface area (Å²) in [7, 11) is 0. The Labute approximate surface area is 204 Å². The van der Waals surface area contributed by atoms with Crippen LogP contribution in [0.5, 0.6) is 0 Å². The van der Waals surface area contributed by atoms with Crippen molar-refractivity contribution in [3.8, 4) is 11.1 Å². The second-order valence-corrected chi connectivity index (χ2v) is 11.3. The Kier molecular flexibility index (Phi) is 4.81. The lowest BCUT2D eigenvalue weighted by Gasteiger charge is -2.20. The predicted octanol–water partition coefficient (Wildman–Crippen LogP) is 5.86. The highest BCUT2D eigenvalue weighted by molar-refractivity contribution is 6.11. The van der Waals surface area contributed by atoms with Gasteiger partial charge in [0.25, 0.3) is 0 Å². The summed E-state index contributed by atoms with van der Waals surface area (Å²) in [6, 6.07) is 3.76. The van der Waals surface area contributed by atoms with Gasteiger partial charge in [-0.05, 0) is 90.8 Å². The number of aryl methyl sites for hydroxylation is 2. The Morgan fingerprint density at radius 2 is 1.86 bits per heavy atom. The Hall–Kier alpha value is -3.00. The van der Waals surface area contributed by atoms with Crippen LogP contribution in [0.2, 0.25) is 0 Å². The lowest BCUT2D eigenvalue weighted by atomic mass is 9.96. The normalized spacial score (nSPS) is 21.1. The lowest BCUT2D eigenvalue weighted by molar-refractivity contribution is 0.0267. The van der Waals surface area contributed by atoms with Crippen molar-refractivity contribution < 1.29 is 23.6 Å². The summed E-state index contributed by atoms with van der Waals surface area (Å²) in [4.78, 5) is 32.1. The third-order valence-corrected chi connectivity index (χ3v) is 7.25. The highest BCUT2D eigenvalue weighted by atomic mass is 16.6. The molecule has 1 saturated heterocycles. The first kappa shape index (κ1) is 22.5. The second-order valence-electron chi connectivity index (χ2n) is 11.3. The van der Waals surface area contributed by atoms with Crippen LogP contribution in [-0.2, 0) is 9.47 Å². The quantitative estimate of drug-likeness (QED) is 0.434. The van der Waals surface area contributed by atoms with Crippen molar-refractivity contribution >= 4 is 22.9 Å². The topological polar surface area (TPSA) is 96.5 Å². The summed E-state index contributed by atoms with van der Waals surface area (Å²) in [6.07, 6.45) is 4.60. The molecule has 6 rings (SSSR count). The zero-order chi connectivity index (χ0) is 24.7. The van der Waals surface area contributed by atoms with Crippen molar-refractivity contribution in [2.24, 2.45) is 0 Å². The predicted molar refractivity (Wildman–Crippen MR) is 129 cm³/mol. The number of carbonyl (C=O) groups is 2. The number of carbonyl (C=O) groups excluding carboxylic acids is 2. The monoisotopic (exact) mass is 477 g/mol. The second kappa shape index (κ2) is 7.50. The molecule has 1 atom stereocenters. The molecule has 0 N–H and O–H groups in total. The number of ketones is 1. The molecular formula is C27H31N3O5. The summed E-state index contributed by atoms with van der Waals surface area (Å²) in [5.74, 6) is 1.41. The van der Waals surface area contributed by atoms with E-state index in [2.05, 4.69) is 5.16 Å². The van der Waals surface area contributed by atoms with Crippen LogP contribution in [0.15, 0.2) is 16.7 Å². The maximum atomic E-state index is 13.8. The van der Waals surface area contributed by atoms with Gasteiger partial charge in [0.1, 0.15) is 28.8 Å². The van der Waals surface area contributed by atoms with Gasteiger partial charge in [-0.1, -0.05) is 5.16 Å². The molecule has 3 aromatic rings. The van der Waals surface area contributed by atoms with Gasteiger partial charge in [0, 0.05) is 17.0 Å². The molecule has 8 nitrogen and oxygen atoms in total. The summed E-state index contributed by atoms with van der Waals surface area (Å²) in [6.45, 7) is 9.25. The first-order valence-electron chi connectivity index (χ1n) is 12.5. The van der Waals surface area contributed by atoms with Crippen LogP contribution in [0.4, 0.5) is 4.79 Å². The highest BCUT2D eigenvalue weighted by Gasteiger charge is 2.51. The van der Waals surface area contributed by atoms with Gasteiger partial charge in [-0.2, -0.15) is 0 Å². The molecule has 1 spiro atoms. The number of ether oxygens (including phenoxy) is 2. The van der Waals surface area contributed by atoms with E-state index >= 15 is 0 Å². The van der Waals surface area contributed by atoms with Crippen molar-refractivity contribution in [2.45, 2.75) is 96.4 Å². The van der Waals surface area contributed by atoms with Crippen LogP contribution in [0.25, 0.3) is 22.2 Å². The van der Waals surface area contributed by atoms with Crippen LogP contribution >= 0.6 is 0 Å². The number of Topliss-reactive ketones (excluding diaryl/α,β-unsaturated/α-hetero) is 1. The van der Waals surface area contributed by atoms with Gasteiger partial charge < -0.3 is 14.0 Å². The molecule has 0 radical (unpaired) electrons. The van der Waals surface area contributed by atoms with E-state index in [1.165, 1.54) is 0 Å². The highest BCUT2D eigenvalue weighted by Crippen LogP contribution is 2.50. The summed E-state index contributed by atoms with van der Waals surface area (Å²) in [5.41, 5.74) is 3.11. The van der Waals surface area contributed by atoms with Crippen molar-refractivity contribution in [2.75, 3.05) is 0 Å². The molecule has 3 fully saturated rings. The van der Waals surface area contributed by atoms with Gasteiger partial charge in [-0.3, -0.25) is 4.79 Å². The lowest BCUT2D eigenvalue weighted by Crippen LogP contribution is -2.28. The molecule has 1 aromatic carbocycles. The third-order valence-electron chi connectivity index (χ3n) is 7.25. The zero-order valence-corrected chi connectivity index (χ0v) is 20.9. The minimum Gasteiger partial charge on any atom is -0.443 e. The van der Waals surface area contributed by atoms with Crippen LogP contribution in [0.3, 0.4) is 0 Å². The molecule has 3 aliphatic rings. The smallest absolute Gasteiger partial charge is 0.420 e. The molecule has 1 aliphatic heterocycles. The standard InChI is InChI=1S/C27H31N3O5/c1-14-21(15(2)35-29-14)17-12-18(23(31)20-8-9-27(33-20)10-11-27)22-19(13-17)30(24(28-22)16-6-7-16)25(32)34-26(3,4)5/h12-13,16,20H,6-11H2,1-5H3/t20-/m1/s1. The number of benzene rings is 1. The minimum absolute atomic E-state index is 0.0800. The number of fused-ring (bicyclic) bond motifs is 1. The van der Waals surface area contributed by atoms with E-state index in [1.54, 1.807) is 4.57 Å². The van der Waals surface area contributed by atoms with Crippen molar-refractivity contribution in [3.05, 3.63) is 35.0 Å². The Balaban J connectivity index is 1.56. The van der Waals surface area contributed by atoms with Crippen LogP contribution in [0, 0.1) is 13.8 Å². The molecule has 184 valence electrons. The Morgan fingerprint density at radius 1 is 1.11 bits per heavy atom.